The van der Waals surface area contributed by atoms with Crippen molar-refractivity contribution in [3.63, 3.8) is 0 Å². The van der Waals surface area contributed by atoms with Gasteiger partial charge in [-0.15, -0.1) is 0 Å². The Kier molecular flexibility index (Phi) is 3.89. The molecule has 1 atom stereocenters. The lowest BCUT2D eigenvalue weighted by Crippen LogP contribution is -2.47. The van der Waals surface area contributed by atoms with Gasteiger partial charge in [0.2, 0.25) is 0 Å². The van der Waals surface area contributed by atoms with E-state index in [9.17, 15) is 0 Å². The molecule has 98 valence electrons. The van der Waals surface area contributed by atoms with Crippen LogP contribution in [-0.4, -0.2) is 48.3 Å². The molecule has 1 unspecified atom stereocenters. The van der Waals surface area contributed by atoms with Crippen LogP contribution in [0.4, 0.5) is 0 Å². The molecule has 0 bridgehead atoms. The van der Waals surface area contributed by atoms with Gasteiger partial charge in [0, 0.05) is 25.6 Å². The van der Waals surface area contributed by atoms with Crippen molar-refractivity contribution >= 4 is 5.84 Å². The van der Waals surface area contributed by atoms with E-state index in [1.54, 1.807) is 0 Å². The van der Waals surface area contributed by atoms with E-state index in [4.69, 9.17) is 15.7 Å². The summed E-state index contributed by atoms with van der Waals surface area (Å²) in [6.07, 6.45) is 4.23. The van der Waals surface area contributed by atoms with Gasteiger partial charge < -0.3 is 15.7 Å². The zero-order chi connectivity index (χ0) is 12.3. The fraction of sp³-hybridized carbons (Fsp3) is 0.917. The van der Waals surface area contributed by atoms with Crippen molar-refractivity contribution < 1.29 is 9.94 Å². The van der Waals surface area contributed by atoms with Gasteiger partial charge in [0.1, 0.15) is 5.84 Å². The van der Waals surface area contributed by atoms with Crippen LogP contribution in [0.3, 0.4) is 0 Å². The third-order valence-electron chi connectivity index (χ3n) is 4.00. The van der Waals surface area contributed by atoms with Crippen molar-refractivity contribution in [3.05, 3.63) is 0 Å². The topological polar surface area (TPSA) is 71.1 Å². The lowest BCUT2D eigenvalue weighted by Gasteiger charge is -2.37. The van der Waals surface area contributed by atoms with Crippen LogP contribution in [0.15, 0.2) is 5.16 Å². The number of hydrogen-bond donors (Lipinski definition) is 2. The lowest BCUT2D eigenvalue weighted by atomic mass is 9.99. The van der Waals surface area contributed by atoms with Gasteiger partial charge >= 0.3 is 0 Å². The summed E-state index contributed by atoms with van der Waals surface area (Å²) in [5.74, 6) is 0.365. The van der Waals surface area contributed by atoms with E-state index in [0.717, 1.165) is 39.1 Å². The second kappa shape index (κ2) is 5.23. The van der Waals surface area contributed by atoms with Gasteiger partial charge in [0.15, 0.2) is 0 Å². The molecule has 2 rings (SSSR count). The summed E-state index contributed by atoms with van der Waals surface area (Å²) in [7, 11) is 0. The van der Waals surface area contributed by atoms with E-state index in [-0.39, 0.29) is 5.41 Å². The largest absolute Gasteiger partial charge is 0.409 e. The number of nitrogens with zero attached hydrogens (tertiary/aromatic N) is 2. The average molecular weight is 241 g/mol. The zero-order valence-electron chi connectivity index (χ0n) is 10.6. The van der Waals surface area contributed by atoms with E-state index < -0.39 is 0 Å². The molecule has 3 N–H and O–H groups in total. The number of morpholine rings is 1. The maximum Gasteiger partial charge on any atom is 0.139 e. The third kappa shape index (κ3) is 3.10. The Labute approximate surface area is 103 Å². The van der Waals surface area contributed by atoms with Crippen LogP contribution in [0.1, 0.15) is 32.6 Å². The highest BCUT2D eigenvalue weighted by atomic mass is 16.5. The summed E-state index contributed by atoms with van der Waals surface area (Å²) in [6.45, 7) is 5.95. The molecule has 1 heterocycles. The predicted octanol–water partition coefficient (Wildman–Crippen LogP) is 1.01. The Morgan fingerprint density at radius 2 is 2.35 bits per heavy atom. The molecule has 1 aliphatic heterocycles. The first-order valence-corrected chi connectivity index (χ1v) is 6.47. The van der Waals surface area contributed by atoms with Crippen LogP contribution in [0, 0.1) is 5.41 Å². The van der Waals surface area contributed by atoms with Crippen LogP contribution >= 0.6 is 0 Å². The molecule has 2 aliphatic rings. The number of nitrogens with two attached hydrogens (primary N) is 1. The van der Waals surface area contributed by atoms with Gasteiger partial charge in [-0.1, -0.05) is 12.1 Å². The Hall–Kier alpha value is -0.810. The van der Waals surface area contributed by atoms with Crippen molar-refractivity contribution in [3.8, 4) is 0 Å². The molecule has 1 aliphatic carbocycles. The molecule has 1 saturated heterocycles. The summed E-state index contributed by atoms with van der Waals surface area (Å²) in [5, 5.41) is 11.8. The average Bonchev–Trinajstić information content (AvgIpc) is 3.09. The molecule has 17 heavy (non-hydrogen) atoms. The van der Waals surface area contributed by atoms with Crippen molar-refractivity contribution in [2.45, 2.75) is 38.6 Å². The maximum atomic E-state index is 8.66. The SMILES string of the molecule is CCC1COCCN1CC1(CC(N)=NO)CC1. The summed E-state index contributed by atoms with van der Waals surface area (Å²) in [4.78, 5) is 2.52. The number of ether oxygens (including phenoxy) is 1. The Balaban J connectivity index is 1.90. The van der Waals surface area contributed by atoms with Crippen LogP contribution < -0.4 is 5.73 Å². The molecule has 5 heteroatoms. The van der Waals surface area contributed by atoms with Crippen molar-refractivity contribution in [2.24, 2.45) is 16.3 Å². The molecule has 1 saturated carbocycles. The minimum absolute atomic E-state index is 0.265. The lowest BCUT2D eigenvalue weighted by molar-refractivity contribution is -0.0171. The van der Waals surface area contributed by atoms with Crippen molar-refractivity contribution in [1.29, 1.82) is 0 Å². The second-order valence-electron chi connectivity index (χ2n) is 5.38. The van der Waals surface area contributed by atoms with Gasteiger partial charge in [0.05, 0.1) is 13.2 Å². The molecular weight excluding hydrogens is 218 g/mol. The van der Waals surface area contributed by atoms with Gasteiger partial charge in [-0.2, -0.15) is 0 Å². The highest BCUT2D eigenvalue weighted by molar-refractivity contribution is 5.80. The smallest absolute Gasteiger partial charge is 0.139 e. The van der Waals surface area contributed by atoms with E-state index in [0.29, 0.717) is 11.9 Å². The van der Waals surface area contributed by atoms with E-state index in [1.807, 2.05) is 0 Å². The number of rotatable bonds is 5. The van der Waals surface area contributed by atoms with Gasteiger partial charge in [-0.25, -0.2) is 0 Å². The first-order valence-electron chi connectivity index (χ1n) is 6.47. The molecular formula is C12H23N3O2. The third-order valence-corrected chi connectivity index (χ3v) is 4.00. The van der Waals surface area contributed by atoms with Crippen LogP contribution in [-0.2, 0) is 4.74 Å². The summed E-state index contributed by atoms with van der Waals surface area (Å²) in [6, 6.07) is 0.536. The summed E-state index contributed by atoms with van der Waals surface area (Å²) < 4.78 is 5.51. The second-order valence-corrected chi connectivity index (χ2v) is 5.38. The first-order chi connectivity index (χ1) is 8.19. The van der Waals surface area contributed by atoms with Crippen LogP contribution in [0.25, 0.3) is 0 Å². The zero-order valence-corrected chi connectivity index (χ0v) is 10.6. The highest BCUT2D eigenvalue weighted by Crippen LogP contribution is 2.49. The van der Waals surface area contributed by atoms with Gasteiger partial charge in [-0.05, 0) is 24.7 Å². The molecule has 5 nitrogen and oxygen atoms in total. The summed E-state index contributed by atoms with van der Waals surface area (Å²) >= 11 is 0. The molecule has 0 aromatic carbocycles. The van der Waals surface area contributed by atoms with E-state index in [1.165, 1.54) is 12.8 Å². The fourth-order valence-corrected chi connectivity index (χ4v) is 2.69. The van der Waals surface area contributed by atoms with E-state index in [2.05, 4.69) is 17.0 Å². The van der Waals surface area contributed by atoms with Crippen molar-refractivity contribution in [2.75, 3.05) is 26.3 Å². The number of hydrogen-bond acceptors (Lipinski definition) is 4. The first kappa shape index (κ1) is 12.6. The summed E-state index contributed by atoms with van der Waals surface area (Å²) in [5.41, 5.74) is 5.89. The quantitative estimate of drug-likeness (QED) is 0.326. The molecule has 0 amide bonds. The van der Waals surface area contributed by atoms with Crippen molar-refractivity contribution in [1.82, 2.24) is 4.90 Å². The highest BCUT2D eigenvalue weighted by Gasteiger charge is 2.45. The standard InChI is InChI=1S/C12H23N3O2/c1-2-10-8-17-6-5-15(10)9-12(3-4-12)7-11(13)14-16/h10,16H,2-9H2,1H3,(H2,13,14). The maximum absolute atomic E-state index is 8.66. The van der Waals surface area contributed by atoms with Gasteiger partial charge in [-0.3, -0.25) is 4.90 Å². The molecule has 0 aromatic rings. The minimum Gasteiger partial charge on any atom is -0.409 e. The van der Waals surface area contributed by atoms with Crippen LogP contribution in [0.2, 0.25) is 0 Å². The molecule has 0 radical (unpaired) electrons. The fourth-order valence-electron chi connectivity index (χ4n) is 2.69. The minimum atomic E-state index is 0.265. The van der Waals surface area contributed by atoms with Gasteiger partial charge in [0.25, 0.3) is 0 Å². The van der Waals surface area contributed by atoms with Crippen LogP contribution in [0.5, 0.6) is 0 Å². The Morgan fingerprint density at radius 3 is 2.94 bits per heavy atom. The molecule has 0 aromatic heterocycles. The normalized spacial score (nSPS) is 29.2. The number of amidine groups is 1. The predicted molar refractivity (Wildman–Crippen MR) is 66.2 cm³/mol. The monoisotopic (exact) mass is 241 g/mol. The molecule has 2 fully saturated rings. The Bertz CT molecular complexity index is 289. The Morgan fingerprint density at radius 1 is 1.59 bits per heavy atom. The number of oxime groups is 1. The van der Waals surface area contributed by atoms with E-state index >= 15 is 0 Å². The molecule has 0 spiro atoms.